The van der Waals surface area contributed by atoms with E-state index >= 15 is 0 Å². The van der Waals surface area contributed by atoms with Crippen molar-refractivity contribution in [3.63, 3.8) is 0 Å². The molecule has 0 saturated heterocycles. The zero-order valence-corrected chi connectivity index (χ0v) is 19.3. The quantitative estimate of drug-likeness (QED) is 0.386. The van der Waals surface area contributed by atoms with Crippen molar-refractivity contribution in [2.75, 3.05) is 6.61 Å². The number of benzene rings is 1. The molecule has 1 atom stereocenters. The molecule has 4 aromatic rings. The van der Waals surface area contributed by atoms with Crippen molar-refractivity contribution in [2.24, 2.45) is 7.05 Å². The average molecular weight is 483 g/mol. The van der Waals surface area contributed by atoms with Crippen LogP contribution in [0.4, 0.5) is 8.78 Å². The molecule has 11 heteroatoms. The number of hydrogen-bond donors (Lipinski definition) is 1. The van der Waals surface area contributed by atoms with Crippen molar-refractivity contribution in [2.45, 2.75) is 26.5 Å². The van der Waals surface area contributed by atoms with Gasteiger partial charge in [0.25, 0.3) is 5.91 Å². The van der Waals surface area contributed by atoms with Gasteiger partial charge < -0.3 is 14.8 Å². The second kappa shape index (κ2) is 9.92. The highest BCUT2D eigenvalue weighted by Gasteiger charge is 2.28. The Bertz CT molecular complexity index is 1380. The summed E-state index contributed by atoms with van der Waals surface area (Å²) in [4.78, 5) is 30.2. The third kappa shape index (κ3) is 4.84. The van der Waals surface area contributed by atoms with E-state index in [1.54, 1.807) is 45.4 Å². The molecular formula is C24H23F2N5O4. The summed E-state index contributed by atoms with van der Waals surface area (Å²) in [5, 5.41) is 6.75. The maximum Gasteiger partial charge on any atom is 0.333 e. The number of nitrogens with one attached hydrogen (secondary N) is 1. The second-order valence-corrected chi connectivity index (χ2v) is 7.71. The summed E-state index contributed by atoms with van der Waals surface area (Å²) >= 11 is 0. The van der Waals surface area contributed by atoms with Crippen LogP contribution in [0, 0.1) is 18.6 Å². The Hall–Kier alpha value is -4.28. The molecule has 0 aliphatic carbocycles. The zero-order chi connectivity index (χ0) is 25.1. The van der Waals surface area contributed by atoms with E-state index in [1.165, 1.54) is 21.3 Å². The van der Waals surface area contributed by atoms with Gasteiger partial charge in [-0.15, -0.1) is 0 Å². The van der Waals surface area contributed by atoms with Gasteiger partial charge in [0, 0.05) is 25.0 Å². The molecule has 0 bridgehead atoms. The number of esters is 1. The van der Waals surface area contributed by atoms with Gasteiger partial charge in [-0.05, 0) is 38.1 Å². The van der Waals surface area contributed by atoms with Gasteiger partial charge in [0.05, 0.1) is 24.1 Å². The highest BCUT2D eigenvalue weighted by atomic mass is 19.1. The number of carbonyl (C=O) groups is 2. The molecule has 1 aromatic carbocycles. The van der Waals surface area contributed by atoms with E-state index in [2.05, 4.69) is 15.4 Å². The Labute approximate surface area is 199 Å². The van der Waals surface area contributed by atoms with E-state index in [1.807, 2.05) is 0 Å². The van der Waals surface area contributed by atoms with E-state index < -0.39 is 29.6 Å². The largest absolute Gasteiger partial charge is 0.485 e. The average Bonchev–Trinajstić information content (AvgIpc) is 3.39. The highest BCUT2D eigenvalue weighted by molar-refractivity contribution is 5.97. The van der Waals surface area contributed by atoms with Crippen LogP contribution in [0.3, 0.4) is 0 Å². The Kier molecular flexibility index (Phi) is 6.76. The number of pyridine rings is 1. The van der Waals surface area contributed by atoms with Gasteiger partial charge in [0.2, 0.25) is 0 Å². The molecule has 0 radical (unpaired) electrons. The molecule has 0 aliphatic heterocycles. The van der Waals surface area contributed by atoms with Gasteiger partial charge in [-0.1, -0.05) is 6.07 Å². The van der Waals surface area contributed by atoms with Crippen LogP contribution >= 0.6 is 0 Å². The van der Waals surface area contributed by atoms with Gasteiger partial charge in [0.1, 0.15) is 23.9 Å². The molecule has 3 heterocycles. The number of fused-ring (bicyclic) bond motifs is 1. The number of amides is 1. The second-order valence-electron chi connectivity index (χ2n) is 7.71. The molecule has 0 aliphatic rings. The third-order valence-corrected chi connectivity index (χ3v) is 5.29. The smallest absolute Gasteiger partial charge is 0.333 e. The molecule has 0 fully saturated rings. The third-order valence-electron chi connectivity index (χ3n) is 5.29. The minimum atomic E-state index is -1.08. The van der Waals surface area contributed by atoms with Gasteiger partial charge in [0.15, 0.2) is 17.4 Å². The van der Waals surface area contributed by atoms with Crippen molar-refractivity contribution in [3.8, 4) is 5.75 Å². The lowest BCUT2D eigenvalue weighted by Gasteiger charge is -2.16. The summed E-state index contributed by atoms with van der Waals surface area (Å²) < 4.78 is 41.8. The van der Waals surface area contributed by atoms with Gasteiger partial charge >= 0.3 is 5.97 Å². The fourth-order valence-corrected chi connectivity index (χ4v) is 3.65. The first-order chi connectivity index (χ1) is 16.8. The molecular weight excluding hydrogens is 460 g/mol. The predicted octanol–water partition coefficient (Wildman–Crippen LogP) is 3.27. The fourth-order valence-electron chi connectivity index (χ4n) is 3.65. The lowest BCUT2D eigenvalue weighted by atomic mass is 10.1. The minimum absolute atomic E-state index is 0.142. The molecule has 0 spiro atoms. The summed E-state index contributed by atoms with van der Waals surface area (Å²) in [5.41, 5.74) is 1.05. The predicted molar refractivity (Wildman–Crippen MR) is 121 cm³/mol. The monoisotopic (exact) mass is 483 g/mol. The maximum atomic E-state index is 14.0. The van der Waals surface area contributed by atoms with Crippen molar-refractivity contribution >= 4 is 17.5 Å². The van der Waals surface area contributed by atoms with Crippen LogP contribution in [-0.4, -0.2) is 37.6 Å². The van der Waals surface area contributed by atoms with E-state index in [0.717, 1.165) is 12.1 Å². The Morgan fingerprint density at radius 3 is 2.57 bits per heavy atom. The van der Waals surface area contributed by atoms with Crippen molar-refractivity contribution < 1.29 is 27.8 Å². The van der Waals surface area contributed by atoms with Crippen LogP contribution in [-0.2, 0) is 23.2 Å². The Morgan fingerprint density at radius 2 is 1.91 bits per heavy atom. The standard InChI is InChI=1S/C24H23F2N5O4/c1-4-34-24(33)20(15-11-27-30(3)12-15)29-23(32)21-14(2)28-22-19(9-6-10-31(21)22)35-13-16-17(25)7-5-8-18(16)26/h5-12,20H,4,13H2,1-3H3,(H,29,32). The molecule has 1 unspecified atom stereocenters. The molecule has 1 amide bonds. The number of imidazole rings is 1. The number of hydrogen-bond acceptors (Lipinski definition) is 6. The number of carbonyl (C=O) groups excluding carboxylic acids is 2. The normalized spacial score (nSPS) is 11.9. The molecule has 4 rings (SSSR count). The topological polar surface area (TPSA) is 99.8 Å². The van der Waals surface area contributed by atoms with Crippen LogP contribution in [0.25, 0.3) is 5.65 Å². The molecule has 1 N–H and O–H groups in total. The number of aryl methyl sites for hydroxylation is 2. The highest BCUT2D eigenvalue weighted by Crippen LogP contribution is 2.25. The summed E-state index contributed by atoms with van der Waals surface area (Å²) in [7, 11) is 1.69. The lowest BCUT2D eigenvalue weighted by Crippen LogP contribution is -2.35. The maximum absolute atomic E-state index is 14.0. The number of halogens is 2. The summed E-state index contributed by atoms with van der Waals surface area (Å²) in [6.07, 6.45) is 4.68. The SMILES string of the molecule is CCOC(=O)C(NC(=O)c1c(C)nc2c(OCc3c(F)cccc3F)cccn12)c1cnn(C)c1. The summed E-state index contributed by atoms with van der Waals surface area (Å²) in [6.45, 7) is 3.08. The molecule has 9 nitrogen and oxygen atoms in total. The van der Waals surface area contributed by atoms with Crippen molar-refractivity contribution in [1.82, 2.24) is 24.5 Å². The Morgan fingerprint density at radius 1 is 1.17 bits per heavy atom. The minimum Gasteiger partial charge on any atom is -0.485 e. The molecule has 182 valence electrons. The molecule has 3 aromatic heterocycles. The summed E-state index contributed by atoms with van der Waals surface area (Å²) in [6, 6.07) is 5.68. The number of aromatic nitrogens is 4. The van der Waals surface area contributed by atoms with Gasteiger partial charge in [-0.2, -0.15) is 5.10 Å². The number of ether oxygens (including phenoxy) is 2. The molecule has 0 saturated carbocycles. The first kappa shape index (κ1) is 23.9. The van der Waals surface area contributed by atoms with Gasteiger partial charge in [-0.3, -0.25) is 13.9 Å². The number of nitrogens with zero attached hydrogens (tertiary/aromatic N) is 4. The van der Waals surface area contributed by atoms with E-state index in [0.29, 0.717) is 11.3 Å². The Balaban J connectivity index is 1.63. The van der Waals surface area contributed by atoms with Gasteiger partial charge in [-0.25, -0.2) is 18.6 Å². The first-order valence-corrected chi connectivity index (χ1v) is 10.8. The van der Waals surface area contributed by atoms with E-state index in [4.69, 9.17) is 9.47 Å². The van der Waals surface area contributed by atoms with Crippen molar-refractivity contribution in [1.29, 1.82) is 0 Å². The van der Waals surface area contributed by atoms with Crippen molar-refractivity contribution in [3.05, 3.63) is 83.1 Å². The summed E-state index contributed by atoms with van der Waals surface area (Å²) in [5.74, 6) is -2.43. The fraction of sp³-hybridized carbons (Fsp3) is 0.250. The first-order valence-electron chi connectivity index (χ1n) is 10.8. The zero-order valence-electron chi connectivity index (χ0n) is 19.3. The van der Waals surface area contributed by atoms with Crippen LogP contribution in [0.1, 0.15) is 40.3 Å². The van der Waals surface area contributed by atoms with E-state index in [9.17, 15) is 18.4 Å². The molecule has 35 heavy (non-hydrogen) atoms. The van der Waals surface area contributed by atoms with Crippen LogP contribution in [0.2, 0.25) is 0 Å². The number of rotatable bonds is 8. The van der Waals surface area contributed by atoms with Crippen LogP contribution in [0.15, 0.2) is 48.9 Å². The van der Waals surface area contributed by atoms with Crippen LogP contribution in [0.5, 0.6) is 5.75 Å². The van der Waals surface area contributed by atoms with Crippen LogP contribution < -0.4 is 10.1 Å². The van der Waals surface area contributed by atoms with E-state index in [-0.39, 0.29) is 35.9 Å². The lowest BCUT2D eigenvalue weighted by molar-refractivity contribution is -0.145.